The highest BCUT2D eigenvalue weighted by molar-refractivity contribution is 6.04. The number of aromatic nitrogens is 3. The van der Waals surface area contributed by atoms with Crippen LogP contribution in [0.25, 0.3) is 11.0 Å². The number of ether oxygens (including phenoxy) is 3. The summed E-state index contributed by atoms with van der Waals surface area (Å²) in [5.74, 6) is 2.04. The molecular weight excluding hydrogens is 410 g/mol. The number of fused-ring (bicyclic) bond motifs is 1. The standard InChI is InChI=1S/C23H27N5O4/c1-30-18-4-3-17(15-6-10-31-11-7-15)20-21(18)26-23(25-20)27-22(29)16-2-5-19(24-14-16)28-8-12-32-13-9-28/h2-5,14-15H,6-13H2,1H3,(H2,25,26,27,29). The van der Waals surface area contributed by atoms with Crippen molar-refractivity contribution >= 4 is 28.7 Å². The number of aromatic amines is 1. The summed E-state index contributed by atoms with van der Waals surface area (Å²) in [6, 6.07) is 7.66. The van der Waals surface area contributed by atoms with E-state index in [-0.39, 0.29) is 5.91 Å². The number of H-pyrrole nitrogens is 1. The van der Waals surface area contributed by atoms with Crippen molar-refractivity contribution in [2.75, 3.05) is 56.8 Å². The van der Waals surface area contributed by atoms with Crippen LogP contribution in [0.4, 0.5) is 11.8 Å². The molecule has 0 saturated carbocycles. The molecular formula is C23H27N5O4. The van der Waals surface area contributed by atoms with Crippen LogP contribution in [0.5, 0.6) is 5.75 Å². The van der Waals surface area contributed by atoms with Crippen LogP contribution in [0.3, 0.4) is 0 Å². The van der Waals surface area contributed by atoms with Gasteiger partial charge in [-0.2, -0.15) is 0 Å². The number of methoxy groups -OCH3 is 1. The van der Waals surface area contributed by atoms with Gasteiger partial charge in [-0.05, 0) is 42.5 Å². The van der Waals surface area contributed by atoms with Gasteiger partial charge < -0.3 is 24.1 Å². The molecule has 0 unspecified atom stereocenters. The zero-order valence-electron chi connectivity index (χ0n) is 18.1. The van der Waals surface area contributed by atoms with Crippen molar-refractivity contribution in [2.45, 2.75) is 18.8 Å². The fraction of sp³-hybridized carbons (Fsp3) is 0.435. The van der Waals surface area contributed by atoms with Crippen LogP contribution in [0.1, 0.15) is 34.7 Å². The molecule has 2 aromatic heterocycles. The van der Waals surface area contributed by atoms with Crippen LogP contribution in [0, 0.1) is 0 Å². The molecule has 0 spiro atoms. The fourth-order valence-corrected chi connectivity index (χ4v) is 4.34. The van der Waals surface area contributed by atoms with Gasteiger partial charge in [-0.15, -0.1) is 0 Å². The molecule has 0 atom stereocenters. The minimum atomic E-state index is -0.267. The lowest BCUT2D eigenvalue weighted by Crippen LogP contribution is -2.36. The molecule has 0 aliphatic carbocycles. The number of benzene rings is 1. The molecule has 0 radical (unpaired) electrons. The lowest BCUT2D eigenvalue weighted by molar-refractivity contribution is 0.0856. The Labute approximate surface area is 186 Å². The largest absolute Gasteiger partial charge is 0.494 e. The third kappa shape index (κ3) is 4.13. The van der Waals surface area contributed by atoms with Crippen LogP contribution in [-0.4, -0.2) is 67.5 Å². The number of pyridine rings is 1. The van der Waals surface area contributed by atoms with E-state index in [1.54, 1.807) is 19.4 Å². The molecule has 2 aliphatic heterocycles. The Morgan fingerprint density at radius 2 is 1.91 bits per heavy atom. The Bertz CT molecular complexity index is 1090. The second-order valence-electron chi connectivity index (χ2n) is 8.01. The lowest BCUT2D eigenvalue weighted by atomic mass is 9.90. The maximum Gasteiger partial charge on any atom is 0.259 e. The average molecular weight is 438 g/mol. The molecule has 2 fully saturated rings. The quantitative estimate of drug-likeness (QED) is 0.633. The molecule has 5 rings (SSSR count). The Hall–Kier alpha value is -3.17. The van der Waals surface area contributed by atoms with Crippen LogP contribution in [-0.2, 0) is 9.47 Å². The molecule has 4 heterocycles. The number of rotatable bonds is 5. The van der Waals surface area contributed by atoms with Crippen molar-refractivity contribution < 1.29 is 19.0 Å². The Morgan fingerprint density at radius 1 is 1.12 bits per heavy atom. The van der Waals surface area contributed by atoms with Gasteiger partial charge in [0, 0.05) is 32.5 Å². The Balaban J connectivity index is 1.37. The summed E-state index contributed by atoms with van der Waals surface area (Å²) in [6.45, 7) is 4.48. The van der Waals surface area contributed by atoms with E-state index in [1.807, 2.05) is 12.1 Å². The van der Waals surface area contributed by atoms with Gasteiger partial charge in [-0.25, -0.2) is 9.97 Å². The normalized spacial score (nSPS) is 17.5. The smallest absolute Gasteiger partial charge is 0.259 e. The third-order valence-electron chi connectivity index (χ3n) is 6.10. The summed E-state index contributed by atoms with van der Waals surface area (Å²) in [7, 11) is 1.63. The number of hydrogen-bond acceptors (Lipinski definition) is 7. The second-order valence-corrected chi connectivity index (χ2v) is 8.01. The topological polar surface area (TPSA) is 102 Å². The molecule has 1 aromatic carbocycles. The maximum atomic E-state index is 12.8. The number of morpholine rings is 1. The first kappa shape index (κ1) is 20.7. The molecule has 0 bridgehead atoms. The molecule has 32 heavy (non-hydrogen) atoms. The average Bonchev–Trinajstić information content (AvgIpc) is 3.28. The number of anilines is 2. The second kappa shape index (κ2) is 9.13. The first-order valence-corrected chi connectivity index (χ1v) is 11.0. The van der Waals surface area contributed by atoms with E-state index in [0.717, 1.165) is 61.6 Å². The van der Waals surface area contributed by atoms with Crippen LogP contribution >= 0.6 is 0 Å². The SMILES string of the molecule is COc1ccc(C2CCOCC2)c2nc(NC(=O)c3ccc(N4CCOCC4)nc3)[nH]c12. The summed E-state index contributed by atoms with van der Waals surface area (Å²) < 4.78 is 16.4. The van der Waals surface area contributed by atoms with E-state index in [9.17, 15) is 4.79 Å². The first-order valence-electron chi connectivity index (χ1n) is 11.0. The van der Waals surface area contributed by atoms with Crippen molar-refractivity contribution in [3.05, 3.63) is 41.6 Å². The van der Waals surface area contributed by atoms with Crippen molar-refractivity contribution in [3.8, 4) is 5.75 Å². The summed E-state index contributed by atoms with van der Waals surface area (Å²) in [5, 5.41) is 2.87. The van der Waals surface area contributed by atoms with Gasteiger partial charge in [0.1, 0.15) is 17.1 Å². The van der Waals surface area contributed by atoms with Gasteiger partial charge in [0.15, 0.2) is 0 Å². The monoisotopic (exact) mass is 437 g/mol. The first-order chi connectivity index (χ1) is 15.7. The molecule has 9 heteroatoms. The van der Waals surface area contributed by atoms with E-state index in [0.29, 0.717) is 36.4 Å². The number of carbonyl (C=O) groups excluding carboxylic acids is 1. The van der Waals surface area contributed by atoms with Gasteiger partial charge in [0.25, 0.3) is 5.91 Å². The maximum absolute atomic E-state index is 12.8. The summed E-state index contributed by atoms with van der Waals surface area (Å²) >= 11 is 0. The molecule has 2 aliphatic rings. The molecule has 3 aromatic rings. The Kier molecular flexibility index (Phi) is 5.91. The number of nitrogens with zero attached hydrogens (tertiary/aromatic N) is 3. The number of hydrogen-bond donors (Lipinski definition) is 2. The highest BCUT2D eigenvalue weighted by Crippen LogP contribution is 2.36. The highest BCUT2D eigenvalue weighted by Gasteiger charge is 2.22. The van der Waals surface area contributed by atoms with E-state index < -0.39 is 0 Å². The van der Waals surface area contributed by atoms with Crippen molar-refractivity contribution in [1.29, 1.82) is 0 Å². The van der Waals surface area contributed by atoms with Crippen molar-refractivity contribution in [1.82, 2.24) is 15.0 Å². The lowest BCUT2D eigenvalue weighted by Gasteiger charge is -2.27. The molecule has 1 amide bonds. The highest BCUT2D eigenvalue weighted by atomic mass is 16.5. The molecule has 2 saturated heterocycles. The third-order valence-corrected chi connectivity index (χ3v) is 6.10. The predicted octanol–water partition coefficient (Wildman–Crippen LogP) is 2.95. The van der Waals surface area contributed by atoms with Gasteiger partial charge in [0.05, 0.1) is 31.4 Å². The van der Waals surface area contributed by atoms with E-state index in [4.69, 9.17) is 19.2 Å². The molecule has 168 valence electrons. The van der Waals surface area contributed by atoms with Crippen LogP contribution in [0.15, 0.2) is 30.5 Å². The molecule has 2 N–H and O–H groups in total. The van der Waals surface area contributed by atoms with Gasteiger partial charge >= 0.3 is 0 Å². The van der Waals surface area contributed by atoms with Crippen LogP contribution < -0.4 is 15.0 Å². The van der Waals surface area contributed by atoms with E-state index in [2.05, 4.69) is 26.3 Å². The van der Waals surface area contributed by atoms with Gasteiger partial charge in [0.2, 0.25) is 5.95 Å². The number of amides is 1. The summed E-state index contributed by atoms with van der Waals surface area (Å²) in [5.41, 5.74) is 3.23. The van der Waals surface area contributed by atoms with Crippen molar-refractivity contribution in [2.24, 2.45) is 0 Å². The summed E-state index contributed by atoms with van der Waals surface area (Å²) in [4.78, 5) is 27.4. The number of nitrogens with one attached hydrogen (secondary N) is 2. The van der Waals surface area contributed by atoms with Gasteiger partial charge in [-0.3, -0.25) is 10.1 Å². The zero-order valence-corrected chi connectivity index (χ0v) is 18.1. The summed E-state index contributed by atoms with van der Waals surface area (Å²) in [6.07, 6.45) is 3.51. The predicted molar refractivity (Wildman–Crippen MR) is 121 cm³/mol. The molecule has 9 nitrogen and oxygen atoms in total. The minimum Gasteiger partial charge on any atom is -0.494 e. The van der Waals surface area contributed by atoms with E-state index >= 15 is 0 Å². The zero-order chi connectivity index (χ0) is 21.9. The fourth-order valence-electron chi connectivity index (χ4n) is 4.34. The number of imidazole rings is 1. The van der Waals surface area contributed by atoms with E-state index in [1.165, 1.54) is 0 Å². The Morgan fingerprint density at radius 3 is 2.62 bits per heavy atom. The van der Waals surface area contributed by atoms with Crippen LogP contribution in [0.2, 0.25) is 0 Å². The van der Waals surface area contributed by atoms with Crippen molar-refractivity contribution in [3.63, 3.8) is 0 Å². The number of carbonyl (C=O) groups is 1. The van der Waals surface area contributed by atoms with Gasteiger partial charge in [-0.1, -0.05) is 6.07 Å². The minimum absolute atomic E-state index is 0.267.